The van der Waals surface area contributed by atoms with Crippen molar-refractivity contribution in [1.82, 2.24) is 15.1 Å². The minimum Gasteiger partial charge on any atom is -0.312 e. The van der Waals surface area contributed by atoms with Crippen LogP contribution in [0.15, 0.2) is 60.7 Å². The lowest BCUT2D eigenvalue weighted by Crippen LogP contribution is -2.13. The molecule has 2 aromatic carbocycles. The van der Waals surface area contributed by atoms with Crippen molar-refractivity contribution in [1.29, 1.82) is 0 Å². The molecule has 1 unspecified atom stereocenters. The van der Waals surface area contributed by atoms with Crippen molar-refractivity contribution >= 4 is 24.0 Å². The summed E-state index contributed by atoms with van der Waals surface area (Å²) in [5.74, 6) is 0. The molecule has 3 aromatic rings. The van der Waals surface area contributed by atoms with Crippen molar-refractivity contribution in [2.24, 2.45) is 0 Å². The first-order chi connectivity index (χ1) is 11.7. The van der Waals surface area contributed by atoms with Gasteiger partial charge in [0.2, 0.25) is 0 Å². The number of hydrogen-bond acceptors (Lipinski definition) is 2. The van der Waals surface area contributed by atoms with Gasteiger partial charge < -0.3 is 5.32 Å². The number of aryl methyl sites for hydroxylation is 2. The topological polar surface area (TPSA) is 29.9 Å². The molecule has 0 radical (unpaired) electrons. The summed E-state index contributed by atoms with van der Waals surface area (Å²) in [6.45, 7) is 2.97. The van der Waals surface area contributed by atoms with E-state index in [2.05, 4.69) is 47.3 Å². The van der Waals surface area contributed by atoms with Gasteiger partial charge in [0.25, 0.3) is 0 Å². The van der Waals surface area contributed by atoms with Crippen LogP contribution < -0.4 is 5.32 Å². The van der Waals surface area contributed by atoms with E-state index in [1.54, 1.807) is 0 Å². The molecular formula is C20H23Cl2N3. The third kappa shape index (κ3) is 4.85. The third-order valence-electron chi connectivity index (χ3n) is 4.27. The normalized spacial score (nSPS) is 11.8. The summed E-state index contributed by atoms with van der Waals surface area (Å²) < 4.78 is 2.10. The van der Waals surface area contributed by atoms with E-state index < -0.39 is 0 Å². The summed E-state index contributed by atoms with van der Waals surface area (Å²) in [6, 6.07) is 20.8. The first kappa shape index (κ1) is 19.5. The fourth-order valence-electron chi connectivity index (χ4n) is 2.70. The summed E-state index contributed by atoms with van der Waals surface area (Å²) in [4.78, 5) is 0. The Hall–Kier alpha value is -1.81. The molecule has 0 aliphatic carbocycles. The molecule has 0 aliphatic rings. The lowest BCUT2D eigenvalue weighted by atomic mass is 10.1. The highest BCUT2D eigenvalue weighted by Gasteiger charge is 2.13. The number of hydrogen-bond donors (Lipinski definition) is 1. The summed E-state index contributed by atoms with van der Waals surface area (Å²) in [5, 5.41) is 8.82. The Morgan fingerprint density at radius 1 is 1.08 bits per heavy atom. The predicted molar refractivity (Wildman–Crippen MR) is 108 cm³/mol. The van der Waals surface area contributed by atoms with Crippen LogP contribution in [0, 0.1) is 0 Å². The van der Waals surface area contributed by atoms with Crippen LogP contribution in [-0.2, 0) is 13.0 Å². The molecule has 1 N–H and O–H groups in total. The Morgan fingerprint density at radius 3 is 2.40 bits per heavy atom. The fraction of sp³-hybridized carbons (Fsp3) is 0.250. The molecule has 3 rings (SSSR count). The molecule has 0 fully saturated rings. The average Bonchev–Trinajstić information content (AvgIpc) is 3.05. The van der Waals surface area contributed by atoms with Gasteiger partial charge in [0.05, 0.1) is 11.4 Å². The Balaban J connectivity index is 0.00000225. The van der Waals surface area contributed by atoms with E-state index in [1.807, 2.05) is 37.4 Å². The summed E-state index contributed by atoms with van der Waals surface area (Å²) >= 11 is 6.03. The zero-order valence-electron chi connectivity index (χ0n) is 14.4. The van der Waals surface area contributed by atoms with E-state index in [9.17, 15) is 0 Å². The van der Waals surface area contributed by atoms with E-state index in [0.717, 1.165) is 34.9 Å². The highest BCUT2D eigenvalue weighted by Crippen LogP contribution is 2.25. The number of benzene rings is 2. The molecule has 0 saturated carbocycles. The average molecular weight is 376 g/mol. The molecule has 0 aliphatic heterocycles. The van der Waals surface area contributed by atoms with Gasteiger partial charge in [-0.25, -0.2) is 0 Å². The summed E-state index contributed by atoms with van der Waals surface area (Å²) in [6.07, 6.45) is 0.955. The minimum atomic E-state index is 0. The molecule has 1 aromatic heterocycles. The van der Waals surface area contributed by atoms with Crippen LogP contribution in [-0.4, -0.2) is 16.8 Å². The number of nitrogens with zero attached hydrogens (tertiary/aromatic N) is 2. The Bertz CT molecular complexity index is 782. The smallest absolute Gasteiger partial charge is 0.0797 e. The zero-order valence-corrected chi connectivity index (χ0v) is 16.0. The molecule has 0 bridgehead atoms. The molecule has 5 heteroatoms. The van der Waals surface area contributed by atoms with Crippen LogP contribution in [0.25, 0.3) is 11.3 Å². The molecule has 132 valence electrons. The first-order valence-electron chi connectivity index (χ1n) is 8.22. The van der Waals surface area contributed by atoms with E-state index in [4.69, 9.17) is 16.7 Å². The number of halogens is 2. The molecule has 3 nitrogen and oxygen atoms in total. The largest absolute Gasteiger partial charge is 0.312 e. The van der Waals surface area contributed by atoms with E-state index >= 15 is 0 Å². The summed E-state index contributed by atoms with van der Waals surface area (Å²) in [5.41, 5.74) is 4.63. The van der Waals surface area contributed by atoms with E-state index in [0.29, 0.717) is 0 Å². The molecular weight excluding hydrogens is 353 g/mol. The lowest BCUT2D eigenvalue weighted by molar-refractivity contribution is 0.573. The third-order valence-corrected chi connectivity index (χ3v) is 4.52. The number of rotatable bonds is 6. The fourth-order valence-corrected chi connectivity index (χ4v) is 2.83. The van der Waals surface area contributed by atoms with Gasteiger partial charge in [-0.05, 0) is 49.7 Å². The second-order valence-electron chi connectivity index (χ2n) is 5.93. The lowest BCUT2D eigenvalue weighted by Gasteiger charge is -2.08. The van der Waals surface area contributed by atoms with Crippen LogP contribution in [0.5, 0.6) is 0 Å². The maximum Gasteiger partial charge on any atom is 0.0797 e. The Morgan fingerprint density at radius 2 is 1.76 bits per heavy atom. The van der Waals surface area contributed by atoms with Gasteiger partial charge in [0, 0.05) is 17.6 Å². The van der Waals surface area contributed by atoms with Crippen molar-refractivity contribution in [3.05, 3.63) is 76.9 Å². The molecule has 0 spiro atoms. The van der Waals surface area contributed by atoms with Crippen LogP contribution in [0.2, 0.25) is 5.02 Å². The first-order valence-corrected chi connectivity index (χ1v) is 8.60. The Labute approximate surface area is 160 Å². The van der Waals surface area contributed by atoms with Gasteiger partial charge in [0.1, 0.15) is 0 Å². The quantitative estimate of drug-likeness (QED) is 0.645. The minimum absolute atomic E-state index is 0. The van der Waals surface area contributed by atoms with Crippen molar-refractivity contribution in [2.45, 2.75) is 25.9 Å². The molecule has 0 amide bonds. The Kier molecular flexibility index (Phi) is 7.06. The maximum atomic E-state index is 6.03. The standard InChI is InChI=1S/C20H22ClN3.ClH/c1-15(22-2)19-14-20(17-8-10-18(21)11-9-17)24(23-19)13-12-16-6-4-3-5-7-16;/h3-11,14-15,22H,12-13H2,1-2H3;1H. The van der Waals surface area contributed by atoms with Crippen LogP contribution in [0.3, 0.4) is 0 Å². The number of aromatic nitrogens is 2. The SMILES string of the molecule is CNC(C)c1cc(-c2ccc(Cl)cc2)n(CCc2ccccc2)n1.Cl. The molecule has 0 saturated heterocycles. The predicted octanol–water partition coefficient (Wildman–Crippen LogP) is 5.15. The second-order valence-corrected chi connectivity index (χ2v) is 6.37. The van der Waals surface area contributed by atoms with Crippen molar-refractivity contribution in [3.63, 3.8) is 0 Å². The highest BCUT2D eigenvalue weighted by atomic mass is 35.5. The molecule has 25 heavy (non-hydrogen) atoms. The molecule has 1 heterocycles. The number of nitrogens with one attached hydrogen (secondary N) is 1. The van der Waals surface area contributed by atoms with Crippen molar-refractivity contribution < 1.29 is 0 Å². The second kappa shape index (κ2) is 9.04. The van der Waals surface area contributed by atoms with E-state index in [1.165, 1.54) is 5.56 Å². The summed E-state index contributed by atoms with van der Waals surface area (Å²) in [7, 11) is 1.95. The van der Waals surface area contributed by atoms with Gasteiger partial charge in [-0.2, -0.15) is 5.10 Å². The zero-order chi connectivity index (χ0) is 16.9. The van der Waals surface area contributed by atoms with Crippen molar-refractivity contribution in [2.75, 3.05) is 7.05 Å². The van der Waals surface area contributed by atoms with Gasteiger partial charge in [-0.1, -0.05) is 54.1 Å². The monoisotopic (exact) mass is 375 g/mol. The van der Waals surface area contributed by atoms with Crippen LogP contribution in [0.1, 0.15) is 24.2 Å². The molecule has 1 atom stereocenters. The van der Waals surface area contributed by atoms with E-state index in [-0.39, 0.29) is 18.4 Å². The maximum absolute atomic E-state index is 6.03. The van der Waals surface area contributed by atoms with Gasteiger partial charge in [-0.3, -0.25) is 4.68 Å². The van der Waals surface area contributed by atoms with Gasteiger partial charge in [-0.15, -0.1) is 12.4 Å². The van der Waals surface area contributed by atoms with Crippen LogP contribution in [0.4, 0.5) is 0 Å². The van der Waals surface area contributed by atoms with Gasteiger partial charge in [0.15, 0.2) is 0 Å². The van der Waals surface area contributed by atoms with Crippen LogP contribution >= 0.6 is 24.0 Å². The highest BCUT2D eigenvalue weighted by molar-refractivity contribution is 6.30. The van der Waals surface area contributed by atoms with Gasteiger partial charge >= 0.3 is 0 Å². The van der Waals surface area contributed by atoms with Crippen molar-refractivity contribution in [3.8, 4) is 11.3 Å².